The van der Waals surface area contributed by atoms with Gasteiger partial charge >= 0.3 is 6.03 Å². The summed E-state index contributed by atoms with van der Waals surface area (Å²) in [6.07, 6.45) is 5.48. The van der Waals surface area contributed by atoms with Gasteiger partial charge in [-0.2, -0.15) is 0 Å². The molecular formula is C19H24N2OS. The SMILES string of the molecule is O=C(NCCc1ccccc1)N1CCCCC[C@H]1c1cccs1. The minimum atomic E-state index is 0.0845. The van der Waals surface area contributed by atoms with E-state index < -0.39 is 0 Å². The van der Waals surface area contributed by atoms with Gasteiger partial charge in [-0.1, -0.05) is 49.2 Å². The van der Waals surface area contributed by atoms with Gasteiger partial charge in [0, 0.05) is 18.0 Å². The van der Waals surface area contributed by atoms with Crippen LogP contribution in [0.2, 0.25) is 0 Å². The van der Waals surface area contributed by atoms with Crippen LogP contribution in [-0.2, 0) is 6.42 Å². The standard InChI is InChI=1S/C19H24N2OS/c22-19(20-13-12-16-8-3-1-4-9-16)21-14-6-2-5-10-17(21)18-11-7-15-23-18/h1,3-4,7-9,11,15,17H,2,5-6,10,12-14H2,(H,20,22)/t17-/m0/s1. The fourth-order valence-corrected chi connectivity index (χ4v) is 4.06. The summed E-state index contributed by atoms with van der Waals surface area (Å²) >= 11 is 1.76. The molecule has 23 heavy (non-hydrogen) atoms. The van der Waals surface area contributed by atoms with Gasteiger partial charge in [-0.15, -0.1) is 11.3 Å². The summed E-state index contributed by atoms with van der Waals surface area (Å²) in [5.41, 5.74) is 1.26. The molecule has 1 aliphatic heterocycles. The summed E-state index contributed by atoms with van der Waals surface area (Å²) in [5, 5.41) is 5.22. The normalized spacial score (nSPS) is 18.4. The van der Waals surface area contributed by atoms with Gasteiger partial charge < -0.3 is 10.2 Å². The predicted octanol–water partition coefficient (Wildman–Crippen LogP) is 4.62. The van der Waals surface area contributed by atoms with E-state index in [1.165, 1.54) is 23.3 Å². The second-order valence-corrected chi connectivity index (χ2v) is 7.02. The number of benzene rings is 1. The summed E-state index contributed by atoms with van der Waals surface area (Å²) < 4.78 is 0. The van der Waals surface area contributed by atoms with E-state index in [4.69, 9.17) is 0 Å². The first-order valence-electron chi connectivity index (χ1n) is 8.46. The van der Waals surface area contributed by atoms with Gasteiger partial charge in [0.2, 0.25) is 0 Å². The molecule has 1 aromatic carbocycles. The van der Waals surface area contributed by atoms with Crippen molar-refractivity contribution in [1.29, 1.82) is 0 Å². The number of hydrogen-bond donors (Lipinski definition) is 1. The molecule has 2 aromatic rings. The van der Waals surface area contributed by atoms with E-state index in [0.29, 0.717) is 6.54 Å². The van der Waals surface area contributed by atoms with Gasteiger partial charge in [-0.3, -0.25) is 0 Å². The average Bonchev–Trinajstić information content (AvgIpc) is 3.00. The van der Waals surface area contributed by atoms with Gasteiger partial charge in [0.15, 0.2) is 0 Å². The van der Waals surface area contributed by atoms with E-state index in [9.17, 15) is 4.79 Å². The number of amides is 2. The van der Waals surface area contributed by atoms with Crippen molar-refractivity contribution in [3.63, 3.8) is 0 Å². The molecule has 0 saturated carbocycles. The molecule has 0 aliphatic carbocycles. The van der Waals surface area contributed by atoms with Crippen molar-refractivity contribution in [2.24, 2.45) is 0 Å². The number of urea groups is 1. The second kappa shape index (κ2) is 8.16. The molecule has 1 aliphatic rings. The average molecular weight is 328 g/mol. The molecule has 3 nitrogen and oxygen atoms in total. The Morgan fingerprint density at radius 3 is 2.78 bits per heavy atom. The topological polar surface area (TPSA) is 32.3 Å². The lowest BCUT2D eigenvalue weighted by Gasteiger charge is -2.29. The Kier molecular flexibility index (Phi) is 5.70. The lowest BCUT2D eigenvalue weighted by atomic mass is 10.1. The third-order valence-electron chi connectivity index (χ3n) is 4.42. The van der Waals surface area contributed by atoms with E-state index >= 15 is 0 Å². The predicted molar refractivity (Wildman–Crippen MR) is 95.8 cm³/mol. The molecule has 0 spiro atoms. The Labute approximate surface area is 142 Å². The number of nitrogens with one attached hydrogen (secondary N) is 1. The molecule has 1 atom stereocenters. The molecular weight excluding hydrogens is 304 g/mol. The summed E-state index contributed by atoms with van der Waals surface area (Å²) in [7, 11) is 0. The number of nitrogens with zero attached hydrogens (tertiary/aromatic N) is 1. The molecule has 4 heteroatoms. The third-order valence-corrected chi connectivity index (χ3v) is 5.39. The minimum absolute atomic E-state index is 0.0845. The van der Waals surface area contributed by atoms with Gasteiger partial charge in [-0.25, -0.2) is 4.79 Å². The van der Waals surface area contributed by atoms with Crippen molar-refractivity contribution < 1.29 is 4.79 Å². The highest BCUT2D eigenvalue weighted by molar-refractivity contribution is 7.10. The quantitative estimate of drug-likeness (QED) is 0.873. The molecule has 2 amide bonds. The fourth-order valence-electron chi connectivity index (χ4n) is 3.19. The molecule has 1 fully saturated rings. The minimum Gasteiger partial charge on any atom is -0.338 e. The highest BCUT2D eigenvalue weighted by Gasteiger charge is 2.27. The molecule has 0 bridgehead atoms. The Morgan fingerprint density at radius 1 is 1.13 bits per heavy atom. The van der Waals surface area contributed by atoms with Crippen LogP contribution in [0.1, 0.15) is 42.2 Å². The number of thiophene rings is 1. The number of hydrogen-bond acceptors (Lipinski definition) is 2. The highest BCUT2D eigenvalue weighted by atomic mass is 32.1. The Hall–Kier alpha value is -1.81. The number of rotatable bonds is 4. The maximum absolute atomic E-state index is 12.7. The maximum atomic E-state index is 12.7. The van der Waals surface area contributed by atoms with Crippen LogP contribution < -0.4 is 5.32 Å². The van der Waals surface area contributed by atoms with Crippen LogP contribution in [0.4, 0.5) is 4.79 Å². The van der Waals surface area contributed by atoms with Crippen LogP contribution in [0.15, 0.2) is 47.8 Å². The monoisotopic (exact) mass is 328 g/mol. The number of likely N-dealkylation sites (tertiary alicyclic amines) is 1. The molecule has 122 valence electrons. The van der Waals surface area contributed by atoms with E-state index in [2.05, 4.69) is 35.0 Å². The number of carbonyl (C=O) groups is 1. The van der Waals surface area contributed by atoms with Crippen molar-refractivity contribution in [3.8, 4) is 0 Å². The first kappa shape index (κ1) is 16.1. The molecule has 1 N–H and O–H groups in total. The van der Waals surface area contributed by atoms with Crippen molar-refractivity contribution >= 4 is 17.4 Å². The second-order valence-electron chi connectivity index (χ2n) is 6.04. The van der Waals surface area contributed by atoms with Crippen molar-refractivity contribution in [1.82, 2.24) is 10.2 Å². The molecule has 1 aromatic heterocycles. The maximum Gasteiger partial charge on any atom is 0.317 e. The molecule has 0 unspecified atom stereocenters. The van der Waals surface area contributed by atoms with Crippen LogP contribution in [0.25, 0.3) is 0 Å². The summed E-state index contributed by atoms with van der Waals surface area (Å²) in [5.74, 6) is 0. The Balaban J connectivity index is 1.59. The first-order valence-corrected chi connectivity index (χ1v) is 9.34. The van der Waals surface area contributed by atoms with Gasteiger partial charge in [0.25, 0.3) is 0 Å². The smallest absolute Gasteiger partial charge is 0.317 e. The molecule has 3 rings (SSSR count). The lowest BCUT2D eigenvalue weighted by molar-refractivity contribution is 0.177. The van der Waals surface area contributed by atoms with Crippen molar-refractivity contribution in [2.75, 3.05) is 13.1 Å². The Morgan fingerprint density at radius 2 is 2.00 bits per heavy atom. The van der Waals surface area contributed by atoms with E-state index in [1.807, 2.05) is 23.1 Å². The van der Waals surface area contributed by atoms with Crippen LogP contribution in [0, 0.1) is 0 Å². The van der Waals surface area contributed by atoms with Crippen LogP contribution in [0.5, 0.6) is 0 Å². The number of carbonyl (C=O) groups excluding carboxylic acids is 1. The fraction of sp³-hybridized carbons (Fsp3) is 0.421. The van der Waals surface area contributed by atoms with Gasteiger partial charge in [0.05, 0.1) is 6.04 Å². The van der Waals surface area contributed by atoms with Gasteiger partial charge in [0.1, 0.15) is 0 Å². The van der Waals surface area contributed by atoms with E-state index in [-0.39, 0.29) is 12.1 Å². The first-order chi connectivity index (χ1) is 11.3. The highest BCUT2D eigenvalue weighted by Crippen LogP contribution is 2.32. The van der Waals surface area contributed by atoms with Crippen molar-refractivity contribution in [3.05, 3.63) is 58.3 Å². The third kappa shape index (κ3) is 4.35. The zero-order valence-electron chi connectivity index (χ0n) is 13.4. The summed E-state index contributed by atoms with van der Waals surface area (Å²) in [6.45, 7) is 1.55. The zero-order chi connectivity index (χ0) is 15.9. The molecule has 1 saturated heterocycles. The lowest BCUT2D eigenvalue weighted by Crippen LogP contribution is -2.42. The van der Waals surface area contributed by atoms with Crippen LogP contribution in [0.3, 0.4) is 0 Å². The van der Waals surface area contributed by atoms with E-state index in [1.54, 1.807) is 11.3 Å². The largest absolute Gasteiger partial charge is 0.338 e. The van der Waals surface area contributed by atoms with Gasteiger partial charge in [-0.05, 0) is 36.3 Å². The summed E-state index contributed by atoms with van der Waals surface area (Å²) in [6, 6.07) is 14.9. The van der Waals surface area contributed by atoms with Crippen molar-refractivity contribution in [2.45, 2.75) is 38.1 Å². The zero-order valence-corrected chi connectivity index (χ0v) is 14.2. The van der Waals surface area contributed by atoms with E-state index in [0.717, 1.165) is 25.8 Å². The van der Waals surface area contributed by atoms with Crippen LogP contribution >= 0.6 is 11.3 Å². The summed E-state index contributed by atoms with van der Waals surface area (Å²) in [4.78, 5) is 16.0. The van der Waals surface area contributed by atoms with Crippen LogP contribution in [-0.4, -0.2) is 24.0 Å². The molecule has 2 heterocycles. The Bertz CT molecular complexity index is 597. The molecule has 0 radical (unpaired) electrons.